The molecule has 2 aromatic rings. The summed E-state index contributed by atoms with van der Waals surface area (Å²) in [5.41, 5.74) is 2.02. The second-order valence-electron chi connectivity index (χ2n) is 5.59. The Balaban J connectivity index is 1.89. The summed E-state index contributed by atoms with van der Waals surface area (Å²) < 4.78 is 2.26. The van der Waals surface area contributed by atoms with Gasteiger partial charge in [-0.25, -0.2) is 4.98 Å². The number of para-hydroxylation sites is 1. The molecule has 3 rings (SSSR count). The van der Waals surface area contributed by atoms with Crippen LogP contribution in [0.3, 0.4) is 0 Å². The van der Waals surface area contributed by atoms with Crippen molar-refractivity contribution < 1.29 is 0 Å². The lowest BCUT2D eigenvalue weighted by atomic mass is 10.3. The van der Waals surface area contributed by atoms with E-state index in [1.165, 1.54) is 12.8 Å². The molecule has 5 heteroatoms. The van der Waals surface area contributed by atoms with Crippen LogP contribution in [0.5, 0.6) is 0 Å². The third-order valence-electron chi connectivity index (χ3n) is 4.19. The highest BCUT2D eigenvalue weighted by molar-refractivity contribution is 6.35. The summed E-state index contributed by atoms with van der Waals surface area (Å²) >= 11 is 12.3. The van der Waals surface area contributed by atoms with Gasteiger partial charge in [-0.3, -0.25) is 4.90 Å². The first-order valence-corrected chi connectivity index (χ1v) is 8.59. The molecule has 0 unspecified atom stereocenters. The van der Waals surface area contributed by atoms with Crippen molar-refractivity contribution in [2.24, 2.45) is 0 Å². The Labute approximate surface area is 135 Å². The molecule has 1 aromatic carbocycles. The zero-order chi connectivity index (χ0) is 14.8. The van der Waals surface area contributed by atoms with E-state index in [9.17, 15) is 0 Å². The van der Waals surface area contributed by atoms with Crippen LogP contribution in [-0.2, 0) is 13.0 Å². The van der Waals surface area contributed by atoms with E-state index < -0.39 is 0 Å². The molecular weight excluding hydrogens is 305 g/mol. The van der Waals surface area contributed by atoms with Gasteiger partial charge in [-0.2, -0.15) is 0 Å². The average Bonchev–Trinajstić information content (AvgIpc) is 3.24. The van der Waals surface area contributed by atoms with Gasteiger partial charge in [-0.05, 0) is 31.5 Å². The number of nitrogens with zero attached hydrogens (tertiary/aromatic N) is 3. The van der Waals surface area contributed by atoms with Crippen LogP contribution in [0.15, 0.2) is 18.2 Å². The largest absolute Gasteiger partial charge is 0.325 e. The summed E-state index contributed by atoms with van der Waals surface area (Å²) in [5.74, 6) is 1.63. The molecule has 0 amide bonds. The fraction of sp³-hybridized carbons (Fsp3) is 0.562. The lowest BCUT2D eigenvalue weighted by Crippen LogP contribution is -2.29. The predicted octanol–water partition coefficient (Wildman–Crippen LogP) is 3.96. The van der Waals surface area contributed by atoms with Gasteiger partial charge >= 0.3 is 0 Å². The number of alkyl halides is 1. The number of hydrogen-bond donors (Lipinski definition) is 0. The maximum atomic E-state index is 6.39. The highest BCUT2D eigenvalue weighted by Gasteiger charge is 2.27. The summed E-state index contributed by atoms with van der Waals surface area (Å²) in [5, 5.41) is 0.773. The van der Waals surface area contributed by atoms with Gasteiger partial charge in [0.2, 0.25) is 0 Å². The van der Waals surface area contributed by atoms with Crippen molar-refractivity contribution in [2.75, 3.05) is 19.0 Å². The molecule has 1 fully saturated rings. The van der Waals surface area contributed by atoms with Gasteiger partial charge in [0, 0.05) is 31.4 Å². The van der Waals surface area contributed by atoms with Gasteiger partial charge in [0.05, 0.1) is 16.1 Å². The van der Waals surface area contributed by atoms with Gasteiger partial charge < -0.3 is 4.57 Å². The molecule has 1 saturated carbocycles. The maximum Gasteiger partial charge on any atom is 0.111 e. The van der Waals surface area contributed by atoms with Gasteiger partial charge in [0.15, 0.2) is 0 Å². The molecule has 0 aliphatic heterocycles. The van der Waals surface area contributed by atoms with E-state index in [-0.39, 0.29) is 0 Å². The molecule has 3 nitrogen and oxygen atoms in total. The zero-order valence-electron chi connectivity index (χ0n) is 12.4. The van der Waals surface area contributed by atoms with Gasteiger partial charge in [-0.1, -0.05) is 24.6 Å². The molecule has 0 spiro atoms. The third kappa shape index (κ3) is 3.20. The zero-order valence-corrected chi connectivity index (χ0v) is 13.9. The van der Waals surface area contributed by atoms with Crippen LogP contribution in [0, 0.1) is 0 Å². The number of hydrogen-bond acceptors (Lipinski definition) is 2. The fourth-order valence-corrected chi connectivity index (χ4v) is 3.41. The number of aryl methyl sites for hydroxylation is 1. The number of imidazole rings is 1. The van der Waals surface area contributed by atoms with E-state index in [0.717, 1.165) is 54.0 Å². The fourth-order valence-electron chi connectivity index (χ4n) is 2.97. The molecule has 0 saturated heterocycles. The molecule has 114 valence electrons. The smallest absolute Gasteiger partial charge is 0.111 e. The molecular formula is C16H21Cl2N3. The van der Waals surface area contributed by atoms with E-state index in [2.05, 4.69) is 16.4 Å². The summed E-state index contributed by atoms with van der Waals surface area (Å²) in [7, 11) is 0. The molecule has 21 heavy (non-hydrogen) atoms. The van der Waals surface area contributed by atoms with E-state index in [0.29, 0.717) is 5.88 Å². The van der Waals surface area contributed by atoms with E-state index >= 15 is 0 Å². The topological polar surface area (TPSA) is 21.1 Å². The minimum Gasteiger partial charge on any atom is -0.325 e. The van der Waals surface area contributed by atoms with Gasteiger partial charge in [0.1, 0.15) is 5.82 Å². The lowest BCUT2D eigenvalue weighted by molar-refractivity contribution is 0.266. The minimum atomic E-state index is 0.584. The highest BCUT2D eigenvalue weighted by Crippen LogP contribution is 2.28. The average molecular weight is 326 g/mol. The summed E-state index contributed by atoms with van der Waals surface area (Å²) in [4.78, 5) is 7.25. The first-order chi connectivity index (χ1) is 10.2. The Kier molecular flexibility index (Phi) is 4.72. The number of fused-ring (bicyclic) bond motifs is 1. The molecule has 0 atom stereocenters. The Hall–Kier alpha value is -0.770. The Morgan fingerprint density at radius 1 is 1.38 bits per heavy atom. The predicted molar refractivity (Wildman–Crippen MR) is 89.4 cm³/mol. The summed E-state index contributed by atoms with van der Waals surface area (Å²) in [6.07, 6.45) is 3.46. The highest BCUT2D eigenvalue weighted by atomic mass is 35.5. The van der Waals surface area contributed by atoms with Crippen molar-refractivity contribution in [1.82, 2.24) is 14.5 Å². The quantitative estimate of drug-likeness (QED) is 0.718. The van der Waals surface area contributed by atoms with E-state index in [1.54, 1.807) is 0 Å². The summed E-state index contributed by atoms with van der Waals surface area (Å²) in [6.45, 7) is 5.32. The van der Waals surface area contributed by atoms with E-state index in [4.69, 9.17) is 28.2 Å². The minimum absolute atomic E-state index is 0.584. The monoisotopic (exact) mass is 325 g/mol. The maximum absolute atomic E-state index is 6.39. The van der Waals surface area contributed by atoms with Crippen molar-refractivity contribution >= 4 is 34.2 Å². The van der Waals surface area contributed by atoms with Crippen LogP contribution >= 0.6 is 23.2 Å². The second kappa shape index (κ2) is 6.55. The van der Waals surface area contributed by atoms with Gasteiger partial charge in [0.25, 0.3) is 0 Å². The summed E-state index contributed by atoms with van der Waals surface area (Å²) in [6, 6.07) is 6.70. The second-order valence-corrected chi connectivity index (χ2v) is 6.37. The number of benzene rings is 1. The van der Waals surface area contributed by atoms with Crippen molar-refractivity contribution in [3.8, 4) is 0 Å². The third-order valence-corrected chi connectivity index (χ3v) is 4.69. The van der Waals surface area contributed by atoms with Crippen LogP contribution in [0.2, 0.25) is 5.02 Å². The molecule has 1 aliphatic rings. The van der Waals surface area contributed by atoms with Crippen LogP contribution in [0.4, 0.5) is 0 Å². The molecule has 1 heterocycles. The molecule has 0 bridgehead atoms. The van der Waals surface area contributed by atoms with E-state index in [1.807, 2.05) is 18.2 Å². The molecule has 1 aliphatic carbocycles. The Bertz CT molecular complexity index is 619. The number of rotatable bonds is 7. The SMILES string of the molecule is CCN(CCn1c(CCCl)nc2cccc(Cl)c21)C1CC1. The Morgan fingerprint density at radius 3 is 2.86 bits per heavy atom. The van der Waals surface area contributed by atoms with Gasteiger partial charge in [-0.15, -0.1) is 11.6 Å². The van der Waals surface area contributed by atoms with Crippen LogP contribution in [-0.4, -0.2) is 39.5 Å². The van der Waals surface area contributed by atoms with Crippen LogP contribution in [0.25, 0.3) is 11.0 Å². The number of aromatic nitrogens is 2. The van der Waals surface area contributed by atoms with Crippen LogP contribution < -0.4 is 0 Å². The van der Waals surface area contributed by atoms with Crippen molar-refractivity contribution in [2.45, 2.75) is 38.8 Å². The van der Waals surface area contributed by atoms with Crippen molar-refractivity contribution in [3.63, 3.8) is 0 Å². The van der Waals surface area contributed by atoms with Crippen LogP contribution in [0.1, 0.15) is 25.6 Å². The number of halogens is 2. The molecule has 0 N–H and O–H groups in total. The standard InChI is InChI=1S/C16H21Cl2N3/c1-2-20(12-6-7-12)10-11-21-15(8-9-17)19-14-5-3-4-13(18)16(14)21/h3-5,12H,2,6-11H2,1H3. The van der Waals surface area contributed by atoms with Crippen molar-refractivity contribution in [3.05, 3.63) is 29.0 Å². The first-order valence-electron chi connectivity index (χ1n) is 7.68. The first kappa shape index (κ1) is 15.1. The molecule has 1 aromatic heterocycles. The molecule has 0 radical (unpaired) electrons. The Morgan fingerprint density at radius 2 is 2.19 bits per heavy atom. The lowest BCUT2D eigenvalue weighted by Gasteiger charge is -2.21. The number of likely N-dealkylation sites (N-methyl/N-ethyl adjacent to an activating group) is 1. The normalized spacial score (nSPS) is 15.2. The van der Waals surface area contributed by atoms with Crippen molar-refractivity contribution in [1.29, 1.82) is 0 Å².